The molecule has 0 radical (unpaired) electrons. The Balaban J connectivity index is 1.18. The highest BCUT2D eigenvalue weighted by molar-refractivity contribution is 5.95. The van der Waals surface area contributed by atoms with Gasteiger partial charge in [0.2, 0.25) is 11.8 Å². The number of carbonyl (C=O) groups excluding carboxylic acids is 3. The molecule has 2 aromatic carbocycles. The van der Waals surface area contributed by atoms with E-state index in [1.807, 2.05) is 41.3 Å². The number of nitrogens with one attached hydrogen (secondary N) is 3. The number of benzene rings is 2. The summed E-state index contributed by atoms with van der Waals surface area (Å²) < 4.78 is 0. The zero-order valence-electron chi connectivity index (χ0n) is 18.8. The van der Waals surface area contributed by atoms with Gasteiger partial charge in [-0.1, -0.05) is 30.3 Å². The van der Waals surface area contributed by atoms with Crippen molar-refractivity contribution in [3.05, 3.63) is 72.6 Å². The van der Waals surface area contributed by atoms with Gasteiger partial charge in [0.25, 0.3) is 5.91 Å². The third-order valence-electron chi connectivity index (χ3n) is 5.48. The molecular weight excluding hydrogens is 432 g/mol. The van der Waals surface area contributed by atoms with Gasteiger partial charge in [-0.2, -0.15) is 0 Å². The Morgan fingerprint density at radius 1 is 0.941 bits per heavy atom. The molecule has 0 unspecified atom stereocenters. The first-order valence-electron chi connectivity index (χ1n) is 11.1. The van der Waals surface area contributed by atoms with E-state index in [0.29, 0.717) is 37.4 Å². The fourth-order valence-corrected chi connectivity index (χ4v) is 3.63. The second-order valence-electron chi connectivity index (χ2n) is 8.03. The van der Waals surface area contributed by atoms with Crippen molar-refractivity contribution in [2.75, 3.05) is 36.4 Å². The van der Waals surface area contributed by atoms with Gasteiger partial charge in [-0.25, -0.2) is 9.97 Å². The van der Waals surface area contributed by atoms with Crippen molar-refractivity contribution in [2.24, 2.45) is 5.92 Å². The van der Waals surface area contributed by atoms with Gasteiger partial charge in [0.05, 0.1) is 11.6 Å². The topological polar surface area (TPSA) is 116 Å². The highest BCUT2D eigenvalue weighted by atomic mass is 16.2. The van der Waals surface area contributed by atoms with Crippen LogP contribution in [0.3, 0.4) is 0 Å². The van der Waals surface area contributed by atoms with E-state index < -0.39 is 0 Å². The predicted octanol–water partition coefficient (Wildman–Crippen LogP) is 2.08. The molecule has 1 aromatic heterocycles. The summed E-state index contributed by atoms with van der Waals surface area (Å²) in [4.78, 5) is 46.4. The molecule has 3 amide bonds. The minimum absolute atomic E-state index is 0.0394. The molecule has 9 heteroatoms. The van der Waals surface area contributed by atoms with E-state index in [4.69, 9.17) is 0 Å². The van der Waals surface area contributed by atoms with Gasteiger partial charge in [0.1, 0.15) is 12.1 Å². The van der Waals surface area contributed by atoms with Crippen LogP contribution in [-0.2, 0) is 9.59 Å². The summed E-state index contributed by atoms with van der Waals surface area (Å²) in [5, 5.41) is 8.30. The fourth-order valence-electron chi connectivity index (χ4n) is 3.63. The van der Waals surface area contributed by atoms with E-state index in [1.54, 1.807) is 30.6 Å². The van der Waals surface area contributed by atoms with Crippen molar-refractivity contribution >= 4 is 29.2 Å². The molecule has 3 N–H and O–H groups in total. The minimum atomic E-state index is -0.239. The maximum absolute atomic E-state index is 12.4. The lowest BCUT2D eigenvalue weighted by Gasteiger charge is -2.39. The summed E-state index contributed by atoms with van der Waals surface area (Å²) in [5.74, 6) is 0.234. The molecule has 1 fully saturated rings. The van der Waals surface area contributed by atoms with Crippen molar-refractivity contribution in [2.45, 2.75) is 6.92 Å². The van der Waals surface area contributed by atoms with Gasteiger partial charge in [-0.15, -0.1) is 0 Å². The monoisotopic (exact) mass is 458 g/mol. The SMILES string of the molecule is CC(=O)Nc1ccc(C(=O)NCCNC(=O)C2CN(c3cc(-c4ccccc4)ncn3)C2)cc1. The van der Waals surface area contributed by atoms with Crippen LogP contribution < -0.4 is 20.9 Å². The van der Waals surface area contributed by atoms with Crippen molar-refractivity contribution in [1.82, 2.24) is 20.6 Å². The summed E-state index contributed by atoms with van der Waals surface area (Å²) in [6.07, 6.45) is 1.54. The Labute approximate surface area is 197 Å². The van der Waals surface area contributed by atoms with E-state index in [1.165, 1.54) is 6.92 Å². The van der Waals surface area contributed by atoms with Gasteiger partial charge in [-0.05, 0) is 24.3 Å². The Hall–Kier alpha value is -4.27. The molecule has 0 spiro atoms. The molecule has 34 heavy (non-hydrogen) atoms. The Bertz CT molecular complexity index is 1160. The number of hydrogen-bond acceptors (Lipinski definition) is 6. The zero-order valence-corrected chi connectivity index (χ0v) is 18.8. The molecule has 2 heterocycles. The van der Waals surface area contributed by atoms with Gasteiger partial charge in [0.15, 0.2) is 0 Å². The van der Waals surface area contributed by atoms with Crippen LogP contribution in [0.2, 0.25) is 0 Å². The van der Waals surface area contributed by atoms with Crippen molar-refractivity contribution in [3.8, 4) is 11.3 Å². The van der Waals surface area contributed by atoms with Crippen LogP contribution in [-0.4, -0.2) is 53.9 Å². The summed E-state index contributed by atoms with van der Waals surface area (Å²) in [5.41, 5.74) is 2.98. The van der Waals surface area contributed by atoms with Crippen LogP contribution in [0, 0.1) is 5.92 Å². The molecule has 1 aliphatic rings. The van der Waals surface area contributed by atoms with Crippen molar-refractivity contribution in [3.63, 3.8) is 0 Å². The summed E-state index contributed by atoms with van der Waals surface area (Å²) >= 11 is 0. The first-order chi connectivity index (χ1) is 16.5. The normalized spacial score (nSPS) is 13.0. The summed E-state index contributed by atoms with van der Waals surface area (Å²) in [7, 11) is 0. The molecule has 0 saturated carbocycles. The van der Waals surface area contributed by atoms with Crippen LogP contribution in [0.4, 0.5) is 11.5 Å². The zero-order chi connectivity index (χ0) is 23.9. The van der Waals surface area contributed by atoms with Crippen LogP contribution in [0.1, 0.15) is 17.3 Å². The maximum atomic E-state index is 12.4. The molecule has 0 aliphatic carbocycles. The lowest BCUT2D eigenvalue weighted by Crippen LogP contribution is -2.54. The molecular formula is C25H26N6O3. The molecule has 9 nitrogen and oxygen atoms in total. The van der Waals surface area contributed by atoms with Crippen LogP contribution in [0.25, 0.3) is 11.3 Å². The van der Waals surface area contributed by atoms with Crippen LogP contribution in [0.5, 0.6) is 0 Å². The van der Waals surface area contributed by atoms with E-state index >= 15 is 0 Å². The van der Waals surface area contributed by atoms with Crippen molar-refractivity contribution in [1.29, 1.82) is 0 Å². The summed E-state index contributed by atoms with van der Waals surface area (Å²) in [6.45, 7) is 3.26. The van der Waals surface area contributed by atoms with Crippen LogP contribution >= 0.6 is 0 Å². The largest absolute Gasteiger partial charge is 0.355 e. The van der Waals surface area contributed by atoms with Gasteiger partial charge in [0, 0.05) is 56.0 Å². The Morgan fingerprint density at radius 3 is 2.35 bits per heavy atom. The lowest BCUT2D eigenvalue weighted by atomic mass is 9.99. The number of carbonyl (C=O) groups is 3. The number of nitrogens with zero attached hydrogens (tertiary/aromatic N) is 3. The fraction of sp³-hybridized carbons (Fsp3) is 0.240. The highest BCUT2D eigenvalue weighted by Gasteiger charge is 2.33. The molecule has 0 atom stereocenters. The van der Waals surface area contributed by atoms with E-state index in [0.717, 1.165) is 17.1 Å². The second kappa shape index (κ2) is 10.6. The maximum Gasteiger partial charge on any atom is 0.251 e. The third kappa shape index (κ3) is 5.74. The summed E-state index contributed by atoms with van der Waals surface area (Å²) in [6, 6.07) is 18.4. The highest BCUT2D eigenvalue weighted by Crippen LogP contribution is 2.26. The van der Waals surface area contributed by atoms with Crippen molar-refractivity contribution < 1.29 is 14.4 Å². The average Bonchev–Trinajstić information content (AvgIpc) is 2.82. The molecule has 0 bridgehead atoms. The predicted molar refractivity (Wildman–Crippen MR) is 129 cm³/mol. The Morgan fingerprint density at radius 2 is 1.65 bits per heavy atom. The quantitative estimate of drug-likeness (QED) is 0.445. The first-order valence-corrected chi connectivity index (χ1v) is 11.1. The van der Waals surface area contributed by atoms with Gasteiger partial charge in [-0.3, -0.25) is 14.4 Å². The third-order valence-corrected chi connectivity index (χ3v) is 5.48. The average molecular weight is 459 g/mol. The smallest absolute Gasteiger partial charge is 0.251 e. The molecule has 1 saturated heterocycles. The minimum Gasteiger partial charge on any atom is -0.355 e. The Kier molecular flexibility index (Phi) is 7.12. The molecule has 3 aromatic rings. The number of rotatable bonds is 8. The van der Waals surface area contributed by atoms with Crippen LogP contribution in [0.15, 0.2) is 67.0 Å². The van der Waals surface area contributed by atoms with Gasteiger partial charge < -0.3 is 20.9 Å². The molecule has 174 valence electrons. The van der Waals surface area contributed by atoms with E-state index in [-0.39, 0.29) is 23.6 Å². The number of aromatic nitrogens is 2. The first kappa shape index (κ1) is 22.9. The van der Waals surface area contributed by atoms with E-state index in [2.05, 4.69) is 25.9 Å². The number of anilines is 2. The number of hydrogen-bond donors (Lipinski definition) is 3. The van der Waals surface area contributed by atoms with E-state index in [9.17, 15) is 14.4 Å². The molecule has 4 rings (SSSR count). The van der Waals surface area contributed by atoms with Gasteiger partial charge >= 0.3 is 0 Å². The second-order valence-corrected chi connectivity index (χ2v) is 8.03. The standard InChI is InChI=1S/C25H26N6O3/c1-17(32)30-21-9-7-19(8-10-21)24(33)26-11-12-27-25(34)20-14-31(15-20)23-13-22(28-16-29-23)18-5-3-2-4-6-18/h2-10,13,16,20H,11-12,14-15H2,1H3,(H,26,33)(H,27,34)(H,30,32). The molecule has 1 aliphatic heterocycles. The number of amides is 3. The lowest BCUT2D eigenvalue weighted by molar-refractivity contribution is -0.125.